The van der Waals surface area contributed by atoms with Gasteiger partial charge < -0.3 is 5.11 Å². The first-order valence-electron chi connectivity index (χ1n) is 5.09. The summed E-state index contributed by atoms with van der Waals surface area (Å²) < 4.78 is 0.972. The zero-order chi connectivity index (χ0) is 12.4. The summed E-state index contributed by atoms with van der Waals surface area (Å²) >= 11 is 6.38. The van der Waals surface area contributed by atoms with E-state index in [4.69, 9.17) is 5.11 Å². The van der Waals surface area contributed by atoms with Crippen LogP contribution in [-0.4, -0.2) is 16.1 Å². The van der Waals surface area contributed by atoms with E-state index in [9.17, 15) is 4.79 Å². The fraction of sp³-hybridized carbons (Fsp3) is 0.273. The molecule has 0 aliphatic rings. The van der Waals surface area contributed by atoms with Crippen molar-refractivity contribution in [3.8, 4) is 9.75 Å². The molecule has 90 valence electrons. The molecule has 3 nitrogen and oxygen atoms in total. The van der Waals surface area contributed by atoms with Crippen LogP contribution in [0.4, 0.5) is 0 Å². The molecule has 6 heteroatoms. The number of carboxylic acid groups (broad SMARTS) is 1. The standard InChI is InChI=1S/C11H10BrNO2S2/c1-2-3-8-13-9(11(14)15)10(17-8)7-4-6(12)5-16-7/h4-5H,2-3H2,1H3,(H,14,15). The fourth-order valence-corrected chi connectivity index (χ4v) is 4.13. The molecule has 2 heterocycles. The topological polar surface area (TPSA) is 50.2 Å². The number of hydrogen-bond donors (Lipinski definition) is 1. The number of carboxylic acids is 1. The lowest BCUT2D eigenvalue weighted by molar-refractivity contribution is 0.0692. The van der Waals surface area contributed by atoms with Gasteiger partial charge in [0.25, 0.3) is 0 Å². The predicted octanol–water partition coefficient (Wildman–Crippen LogP) is 4.28. The van der Waals surface area contributed by atoms with Crippen molar-refractivity contribution < 1.29 is 9.90 Å². The van der Waals surface area contributed by atoms with Crippen LogP contribution < -0.4 is 0 Å². The molecular weight excluding hydrogens is 322 g/mol. The van der Waals surface area contributed by atoms with E-state index < -0.39 is 5.97 Å². The molecule has 0 saturated carbocycles. The Labute approximate surface area is 115 Å². The van der Waals surface area contributed by atoms with Gasteiger partial charge in [0.05, 0.1) is 9.88 Å². The van der Waals surface area contributed by atoms with Gasteiger partial charge in [-0.15, -0.1) is 22.7 Å². The fourth-order valence-electron chi connectivity index (χ4n) is 1.43. The van der Waals surface area contributed by atoms with Crippen molar-refractivity contribution in [2.24, 2.45) is 0 Å². The van der Waals surface area contributed by atoms with Crippen molar-refractivity contribution in [1.82, 2.24) is 4.98 Å². The number of carbonyl (C=O) groups is 1. The third kappa shape index (κ3) is 2.75. The maximum absolute atomic E-state index is 11.2. The smallest absolute Gasteiger partial charge is 0.356 e. The van der Waals surface area contributed by atoms with Crippen molar-refractivity contribution in [2.75, 3.05) is 0 Å². The minimum atomic E-state index is -0.955. The Hall–Kier alpha value is -0.720. The Morgan fingerprint density at radius 3 is 2.88 bits per heavy atom. The number of aromatic carboxylic acids is 1. The number of thiophene rings is 1. The van der Waals surface area contributed by atoms with Gasteiger partial charge in [-0.3, -0.25) is 0 Å². The van der Waals surface area contributed by atoms with Crippen molar-refractivity contribution in [1.29, 1.82) is 0 Å². The van der Waals surface area contributed by atoms with Gasteiger partial charge in [0.15, 0.2) is 5.69 Å². The molecule has 0 amide bonds. The van der Waals surface area contributed by atoms with Crippen LogP contribution >= 0.6 is 38.6 Å². The van der Waals surface area contributed by atoms with Crippen LogP contribution in [0.2, 0.25) is 0 Å². The van der Waals surface area contributed by atoms with Gasteiger partial charge in [0.2, 0.25) is 0 Å². The van der Waals surface area contributed by atoms with Crippen LogP contribution in [0.15, 0.2) is 15.9 Å². The molecule has 0 aromatic carbocycles. The predicted molar refractivity (Wildman–Crippen MR) is 74.1 cm³/mol. The van der Waals surface area contributed by atoms with E-state index in [0.29, 0.717) is 0 Å². The van der Waals surface area contributed by atoms with Gasteiger partial charge in [-0.05, 0) is 34.8 Å². The molecule has 2 aromatic heterocycles. The molecular formula is C11H10BrNO2S2. The Morgan fingerprint density at radius 1 is 1.59 bits per heavy atom. The zero-order valence-corrected chi connectivity index (χ0v) is 12.3. The van der Waals surface area contributed by atoms with Gasteiger partial charge in [0, 0.05) is 14.7 Å². The Bertz CT molecular complexity index is 547. The first kappa shape index (κ1) is 12.7. The van der Waals surface area contributed by atoms with Crippen LogP contribution in [0.3, 0.4) is 0 Å². The van der Waals surface area contributed by atoms with Crippen molar-refractivity contribution in [2.45, 2.75) is 19.8 Å². The summed E-state index contributed by atoms with van der Waals surface area (Å²) in [4.78, 5) is 17.1. The molecule has 0 bridgehead atoms. The zero-order valence-electron chi connectivity index (χ0n) is 9.07. The minimum Gasteiger partial charge on any atom is -0.476 e. The SMILES string of the molecule is CCCc1nc(C(=O)O)c(-c2cc(Br)cs2)s1. The monoisotopic (exact) mass is 331 g/mol. The number of hydrogen-bond acceptors (Lipinski definition) is 4. The lowest BCUT2D eigenvalue weighted by Crippen LogP contribution is -1.98. The van der Waals surface area contributed by atoms with E-state index in [-0.39, 0.29) is 5.69 Å². The summed E-state index contributed by atoms with van der Waals surface area (Å²) in [7, 11) is 0. The van der Waals surface area contributed by atoms with Gasteiger partial charge in [-0.25, -0.2) is 9.78 Å². The third-order valence-corrected chi connectivity index (χ3v) is 5.12. The van der Waals surface area contributed by atoms with E-state index in [0.717, 1.165) is 32.1 Å². The second-order valence-corrected chi connectivity index (χ2v) is 6.38. The molecule has 0 aliphatic heterocycles. The normalized spacial score (nSPS) is 10.7. The average molecular weight is 332 g/mol. The summed E-state index contributed by atoms with van der Waals surface area (Å²) in [5, 5.41) is 12.0. The Morgan fingerprint density at radius 2 is 2.35 bits per heavy atom. The van der Waals surface area contributed by atoms with Crippen LogP contribution in [0.1, 0.15) is 28.8 Å². The van der Waals surface area contributed by atoms with Crippen LogP contribution in [-0.2, 0) is 6.42 Å². The summed E-state index contributed by atoms with van der Waals surface area (Å²) in [5.41, 5.74) is 0.174. The Kier molecular flexibility index (Phi) is 3.96. The van der Waals surface area contributed by atoms with Crippen molar-refractivity contribution in [3.05, 3.63) is 26.6 Å². The van der Waals surface area contributed by atoms with E-state index in [1.807, 2.05) is 11.4 Å². The number of nitrogens with zero attached hydrogens (tertiary/aromatic N) is 1. The molecule has 1 N–H and O–H groups in total. The van der Waals surface area contributed by atoms with Gasteiger partial charge in [0.1, 0.15) is 0 Å². The van der Waals surface area contributed by atoms with Crippen LogP contribution in [0.5, 0.6) is 0 Å². The number of aromatic nitrogens is 1. The molecule has 0 spiro atoms. The first-order valence-corrected chi connectivity index (χ1v) is 7.58. The van der Waals surface area contributed by atoms with Crippen LogP contribution in [0.25, 0.3) is 9.75 Å². The number of thiazole rings is 1. The molecule has 2 aromatic rings. The highest BCUT2D eigenvalue weighted by atomic mass is 79.9. The van der Waals surface area contributed by atoms with Crippen molar-refractivity contribution in [3.63, 3.8) is 0 Å². The summed E-state index contributed by atoms with van der Waals surface area (Å²) in [6, 6.07) is 1.93. The summed E-state index contributed by atoms with van der Waals surface area (Å²) in [5.74, 6) is -0.955. The number of rotatable bonds is 4. The van der Waals surface area contributed by atoms with Gasteiger partial charge in [-0.1, -0.05) is 6.92 Å². The second kappa shape index (κ2) is 5.29. The minimum absolute atomic E-state index is 0.174. The number of halogens is 1. The maximum atomic E-state index is 11.2. The number of aryl methyl sites for hydroxylation is 1. The lowest BCUT2D eigenvalue weighted by atomic mass is 10.3. The molecule has 0 atom stereocenters. The first-order chi connectivity index (χ1) is 8.11. The summed E-state index contributed by atoms with van der Waals surface area (Å²) in [6.07, 6.45) is 1.80. The highest BCUT2D eigenvalue weighted by Crippen LogP contribution is 2.36. The van der Waals surface area contributed by atoms with Gasteiger partial charge in [-0.2, -0.15) is 0 Å². The molecule has 0 aliphatic carbocycles. The quantitative estimate of drug-likeness (QED) is 0.909. The third-order valence-electron chi connectivity index (χ3n) is 2.13. The largest absolute Gasteiger partial charge is 0.476 e. The van der Waals surface area contributed by atoms with Crippen molar-refractivity contribution >= 4 is 44.6 Å². The highest BCUT2D eigenvalue weighted by molar-refractivity contribution is 9.10. The van der Waals surface area contributed by atoms with Gasteiger partial charge >= 0.3 is 5.97 Å². The second-order valence-electron chi connectivity index (χ2n) is 3.47. The highest BCUT2D eigenvalue weighted by Gasteiger charge is 2.19. The molecule has 0 fully saturated rings. The maximum Gasteiger partial charge on any atom is 0.356 e. The summed E-state index contributed by atoms with van der Waals surface area (Å²) in [6.45, 7) is 2.06. The average Bonchev–Trinajstić information content (AvgIpc) is 2.84. The molecule has 0 saturated heterocycles. The Balaban J connectivity index is 2.47. The van der Waals surface area contributed by atoms with Crippen LogP contribution in [0, 0.1) is 0 Å². The molecule has 0 unspecified atom stereocenters. The molecule has 17 heavy (non-hydrogen) atoms. The molecule has 0 radical (unpaired) electrons. The van der Waals surface area contributed by atoms with E-state index in [2.05, 4.69) is 27.8 Å². The van der Waals surface area contributed by atoms with E-state index in [1.165, 1.54) is 22.7 Å². The lowest BCUT2D eigenvalue weighted by Gasteiger charge is -1.92. The molecule has 2 rings (SSSR count). The van der Waals surface area contributed by atoms with E-state index >= 15 is 0 Å². The van der Waals surface area contributed by atoms with E-state index in [1.54, 1.807) is 0 Å².